The first-order valence-electron chi connectivity index (χ1n) is 15.7. The fraction of sp³-hybridized carbons (Fsp3) is 0.606. The van der Waals surface area contributed by atoms with Crippen molar-refractivity contribution in [3.63, 3.8) is 0 Å². The predicted molar refractivity (Wildman–Crippen MR) is 167 cm³/mol. The molecule has 1 N–H and O–H groups in total. The molecule has 0 spiro atoms. The molecule has 0 saturated carbocycles. The third kappa shape index (κ3) is 7.39. The number of nitrogens with zero attached hydrogens (tertiary/aromatic N) is 4. The summed E-state index contributed by atoms with van der Waals surface area (Å²) in [6.07, 6.45) is 7.00. The van der Waals surface area contributed by atoms with E-state index in [-0.39, 0.29) is 29.6 Å². The van der Waals surface area contributed by atoms with Gasteiger partial charge < -0.3 is 19.7 Å². The Labute approximate surface area is 260 Å². The van der Waals surface area contributed by atoms with Crippen LogP contribution in [0.5, 0.6) is 0 Å². The van der Waals surface area contributed by atoms with E-state index in [1.165, 1.54) is 0 Å². The molecular weight excluding hydrogens is 569 g/mol. The fourth-order valence-corrected chi connectivity index (χ4v) is 6.83. The number of likely N-dealkylation sites (N-methyl/N-ethyl adjacent to an activating group) is 1. The number of carbonyl (C=O) groups is 1. The van der Waals surface area contributed by atoms with Gasteiger partial charge in [-0.05, 0) is 68.8 Å². The number of allylic oxidation sites excluding steroid dienone is 1. The molecule has 1 aromatic carbocycles. The number of benzene rings is 1. The first-order chi connectivity index (χ1) is 20.8. The number of hydrogen-bond donors (Lipinski definition) is 1. The Balaban J connectivity index is 1.38. The van der Waals surface area contributed by atoms with E-state index in [1.807, 2.05) is 48.0 Å². The van der Waals surface area contributed by atoms with Gasteiger partial charge in [0.25, 0.3) is 0 Å². The maximum atomic E-state index is 16.9. The van der Waals surface area contributed by atoms with E-state index >= 15 is 4.39 Å². The zero-order valence-corrected chi connectivity index (χ0v) is 26.3. The number of alkyl halides is 1. The summed E-state index contributed by atoms with van der Waals surface area (Å²) in [5, 5.41) is 3.71. The van der Waals surface area contributed by atoms with Gasteiger partial charge >= 0.3 is 0 Å². The third-order valence-corrected chi connectivity index (χ3v) is 9.37. The summed E-state index contributed by atoms with van der Waals surface area (Å²) in [7, 11) is 1.95. The molecule has 1 aromatic heterocycles. The van der Waals surface area contributed by atoms with Crippen LogP contribution in [0.25, 0.3) is 0 Å². The van der Waals surface area contributed by atoms with Crippen molar-refractivity contribution in [3.8, 4) is 0 Å². The van der Waals surface area contributed by atoms with E-state index in [9.17, 15) is 4.79 Å². The summed E-state index contributed by atoms with van der Waals surface area (Å²) < 4.78 is 28.2. The normalized spacial score (nSPS) is 24.0. The van der Waals surface area contributed by atoms with Crippen LogP contribution >= 0.6 is 11.6 Å². The number of carbonyl (C=O) groups excluding carboxylic acids is 1. The Hall–Kier alpha value is -2.59. The molecule has 234 valence electrons. The van der Waals surface area contributed by atoms with Crippen LogP contribution < -0.4 is 5.32 Å². The van der Waals surface area contributed by atoms with Crippen LogP contribution in [0.15, 0.2) is 36.9 Å². The molecule has 3 unspecified atom stereocenters. The number of anilines is 1. The molecule has 0 radical (unpaired) electrons. The van der Waals surface area contributed by atoms with Crippen LogP contribution in [0.4, 0.5) is 10.2 Å². The quantitative estimate of drug-likeness (QED) is 0.295. The highest BCUT2D eigenvalue weighted by atomic mass is 35.5. The number of fused-ring (bicyclic) bond motifs is 1. The molecule has 0 aliphatic carbocycles. The van der Waals surface area contributed by atoms with Gasteiger partial charge in [-0.1, -0.05) is 36.8 Å². The first kappa shape index (κ1) is 31.8. The number of morpholine rings is 1. The minimum atomic E-state index is -1.65. The lowest BCUT2D eigenvalue weighted by Gasteiger charge is -2.42. The van der Waals surface area contributed by atoms with Crippen molar-refractivity contribution in [2.24, 2.45) is 5.92 Å². The van der Waals surface area contributed by atoms with Gasteiger partial charge in [0.15, 0.2) is 5.67 Å². The average Bonchev–Trinajstić information content (AvgIpc) is 3.20. The standard InChI is InChI=1S/C33H45ClFN5O3/c1-4-14-33(35,29-22-43-19-16-39(29)3)26-11-7-10-25(20-26)23(2)36-30-27-21-40(15-8-12-28(27)37-32(34)38-30)31(41)24-9-5-6-17-42-18-13-24/h4,7,10-11,20,23-24,29H,1,5-6,8-9,12-19,21-22H2,2-3H3,(H,36,37,38)/t23-,24?,29?,33?/m1/s1. The van der Waals surface area contributed by atoms with Gasteiger partial charge in [0, 0.05) is 50.2 Å². The highest BCUT2D eigenvalue weighted by Gasteiger charge is 2.43. The predicted octanol–water partition coefficient (Wildman–Crippen LogP) is 5.86. The van der Waals surface area contributed by atoms with E-state index in [1.54, 1.807) is 6.08 Å². The van der Waals surface area contributed by atoms with Gasteiger partial charge in [-0.3, -0.25) is 9.69 Å². The first-order valence-corrected chi connectivity index (χ1v) is 16.0. The van der Waals surface area contributed by atoms with Crippen LogP contribution in [0.2, 0.25) is 5.28 Å². The minimum Gasteiger partial charge on any atom is -0.381 e. The summed E-state index contributed by atoms with van der Waals surface area (Å²) in [5.74, 6) is 0.767. The van der Waals surface area contributed by atoms with Gasteiger partial charge in [-0.25, -0.2) is 14.4 Å². The SMILES string of the molecule is C=CCC(F)(c1cccc([C@@H](C)Nc2nc(Cl)nc3c2CN(C(=O)C2CCCCOCC2)CCC3)c1)C1COCCN1C. The topological polar surface area (TPSA) is 79.8 Å². The maximum absolute atomic E-state index is 16.9. The molecule has 3 aliphatic rings. The van der Waals surface area contributed by atoms with Crippen LogP contribution in [0, 0.1) is 5.92 Å². The van der Waals surface area contributed by atoms with Crippen molar-refractivity contribution in [2.75, 3.05) is 51.9 Å². The van der Waals surface area contributed by atoms with Crippen molar-refractivity contribution in [1.82, 2.24) is 19.8 Å². The summed E-state index contributed by atoms with van der Waals surface area (Å²) in [6.45, 7) is 9.98. The molecule has 2 saturated heterocycles. The van der Waals surface area contributed by atoms with Gasteiger partial charge in [0.05, 0.1) is 31.5 Å². The Morgan fingerprint density at radius 1 is 1.21 bits per heavy atom. The van der Waals surface area contributed by atoms with Crippen molar-refractivity contribution >= 4 is 23.3 Å². The van der Waals surface area contributed by atoms with Crippen LogP contribution in [0.3, 0.4) is 0 Å². The van der Waals surface area contributed by atoms with E-state index in [4.69, 9.17) is 21.1 Å². The van der Waals surface area contributed by atoms with Crippen LogP contribution in [-0.4, -0.2) is 78.3 Å². The molecule has 10 heteroatoms. The highest BCUT2D eigenvalue weighted by molar-refractivity contribution is 6.28. The number of amides is 1. The van der Waals surface area contributed by atoms with Crippen molar-refractivity contribution in [2.45, 2.75) is 76.2 Å². The van der Waals surface area contributed by atoms with Crippen molar-refractivity contribution in [1.29, 1.82) is 0 Å². The van der Waals surface area contributed by atoms with E-state index < -0.39 is 11.7 Å². The molecule has 3 aliphatic heterocycles. The van der Waals surface area contributed by atoms with Crippen molar-refractivity contribution < 1.29 is 18.7 Å². The number of hydrogen-bond acceptors (Lipinski definition) is 7. The fourth-order valence-electron chi connectivity index (χ4n) is 6.64. The third-order valence-electron chi connectivity index (χ3n) is 9.20. The summed E-state index contributed by atoms with van der Waals surface area (Å²) in [6, 6.07) is 7.04. The molecule has 4 heterocycles. The van der Waals surface area contributed by atoms with Crippen molar-refractivity contribution in [3.05, 3.63) is 64.6 Å². The Morgan fingerprint density at radius 2 is 2.07 bits per heavy atom. The Kier molecular flexibility index (Phi) is 10.7. The lowest BCUT2D eigenvalue weighted by Crippen LogP contribution is -2.53. The second kappa shape index (κ2) is 14.5. The summed E-state index contributed by atoms with van der Waals surface area (Å²) in [4.78, 5) is 26.8. The molecule has 5 rings (SSSR count). The summed E-state index contributed by atoms with van der Waals surface area (Å²) >= 11 is 6.41. The van der Waals surface area contributed by atoms with E-state index in [0.29, 0.717) is 50.8 Å². The molecule has 43 heavy (non-hydrogen) atoms. The lowest BCUT2D eigenvalue weighted by atomic mass is 9.83. The number of halogens is 2. The second-order valence-electron chi connectivity index (χ2n) is 12.1. The monoisotopic (exact) mass is 613 g/mol. The molecule has 0 bridgehead atoms. The molecule has 2 fully saturated rings. The zero-order valence-electron chi connectivity index (χ0n) is 25.5. The second-order valence-corrected chi connectivity index (χ2v) is 12.5. The molecule has 4 atom stereocenters. The zero-order chi connectivity index (χ0) is 30.4. The molecule has 1 amide bonds. The molecule has 2 aromatic rings. The Bertz CT molecular complexity index is 1270. The number of rotatable bonds is 8. The number of aryl methyl sites for hydroxylation is 1. The number of ether oxygens (including phenoxy) is 2. The van der Waals surface area contributed by atoms with E-state index in [2.05, 4.69) is 21.9 Å². The summed E-state index contributed by atoms with van der Waals surface area (Å²) in [5.41, 5.74) is 1.63. The van der Waals surface area contributed by atoms with Gasteiger partial charge in [0.1, 0.15) is 5.82 Å². The number of nitrogens with one attached hydrogen (secondary N) is 1. The van der Waals surface area contributed by atoms with Crippen LogP contribution in [-0.2, 0) is 32.9 Å². The van der Waals surface area contributed by atoms with Gasteiger partial charge in [-0.2, -0.15) is 0 Å². The van der Waals surface area contributed by atoms with Crippen LogP contribution in [0.1, 0.15) is 73.9 Å². The minimum absolute atomic E-state index is 0.0294. The molecular formula is C33H45ClFN5O3. The maximum Gasteiger partial charge on any atom is 0.226 e. The van der Waals surface area contributed by atoms with Gasteiger partial charge in [0.2, 0.25) is 11.2 Å². The largest absolute Gasteiger partial charge is 0.381 e. The Morgan fingerprint density at radius 3 is 2.88 bits per heavy atom. The molecule has 8 nitrogen and oxygen atoms in total. The number of aromatic nitrogens is 2. The smallest absolute Gasteiger partial charge is 0.226 e. The highest BCUT2D eigenvalue weighted by Crippen LogP contribution is 2.39. The lowest BCUT2D eigenvalue weighted by molar-refractivity contribution is -0.137. The average molecular weight is 614 g/mol. The van der Waals surface area contributed by atoms with E-state index in [0.717, 1.165) is 62.0 Å². The van der Waals surface area contributed by atoms with Gasteiger partial charge in [-0.15, -0.1) is 6.58 Å².